The first kappa shape index (κ1) is 18.5. The van der Waals surface area contributed by atoms with Gasteiger partial charge in [0, 0.05) is 36.8 Å². The maximum atomic E-state index is 12.7. The van der Waals surface area contributed by atoms with Gasteiger partial charge in [0.2, 0.25) is 0 Å². The number of carbonyl (C=O) groups is 1. The summed E-state index contributed by atoms with van der Waals surface area (Å²) in [5.41, 5.74) is 1.18. The third-order valence-corrected chi connectivity index (χ3v) is 6.18. The molecule has 1 aliphatic rings. The Hall–Kier alpha value is -2.86. The molecule has 0 aliphatic carbocycles. The molecule has 6 heteroatoms. The van der Waals surface area contributed by atoms with Crippen LogP contribution >= 0.6 is 0 Å². The van der Waals surface area contributed by atoms with Crippen LogP contribution in [0.4, 0.5) is 5.69 Å². The van der Waals surface area contributed by atoms with Crippen molar-refractivity contribution in [1.29, 1.82) is 0 Å². The summed E-state index contributed by atoms with van der Waals surface area (Å²) in [6, 6.07) is 22.9. The van der Waals surface area contributed by atoms with Crippen molar-refractivity contribution in [3.05, 3.63) is 84.3 Å². The Morgan fingerprint density at radius 1 is 0.857 bits per heavy atom. The highest BCUT2D eigenvalue weighted by Crippen LogP contribution is 2.19. The molecule has 144 valence electrons. The van der Waals surface area contributed by atoms with Crippen LogP contribution in [0.3, 0.4) is 0 Å². The van der Waals surface area contributed by atoms with Gasteiger partial charge >= 0.3 is 0 Å². The number of furan rings is 1. The van der Waals surface area contributed by atoms with E-state index in [1.54, 1.807) is 12.1 Å². The number of rotatable bonds is 5. The van der Waals surface area contributed by atoms with E-state index in [2.05, 4.69) is 17.0 Å². The van der Waals surface area contributed by atoms with E-state index < -0.39 is 10.8 Å². The predicted molar refractivity (Wildman–Crippen MR) is 110 cm³/mol. The number of amides is 1. The molecule has 4 rings (SSSR count). The molecular weight excluding hydrogens is 372 g/mol. The van der Waals surface area contributed by atoms with Crippen molar-refractivity contribution in [2.75, 3.05) is 31.1 Å². The van der Waals surface area contributed by atoms with E-state index in [-0.39, 0.29) is 11.7 Å². The molecule has 0 saturated carbocycles. The summed E-state index contributed by atoms with van der Waals surface area (Å²) in [5.74, 6) is 1.03. The molecule has 1 aromatic heterocycles. The minimum absolute atomic E-state index is 0.107. The fraction of sp³-hybridized carbons (Fsp3) is 0.227. The highest BCUT2D eigenvalue weighted by molar-refractivity contribution is 7.84. The number of anilines is 1. The highest BCUT2D eigenvalue weighted by Gasteiger charge is 2.24. The van der Waals surface area contributed by atoms with Crippen molar-refractivity contribution < 1.29 is 13.4 Å². The molecule has 0 radical (unpaired) electrons. The number of benzene rings is 2. The van der Waals surface area contributed by atoms with Crippen LogP contribution in [0.1, 0.15) is 16.3 Å². The number of nitrogens with zero attached hydrogens (tertiary/aromatic N) is 2. The summed E-state index contributed by atoms with van der Waals surface area (Å²) in [5, 5.41) is 0. The van der Waals surface area contributed by atoms with Gasteiger partial charge in [-0.3, -0.25) is 9.00 Å². The van der Waals surface area contributed by atoms with Gasteiger partial charge in [-0.05, 0) is 36.4 Å². The lowest BCUT2D eigenvalue weighted by molar-refractivity contribution is 0.0713. The molecule has 3 aromatic rings. The predicted octanol–water partition coefficient (Wildman–Crippen LogP) is 3.55. The van der Waals surface area contributed by atoms with Crippen LogP contribution < -0.4 is 4.90 Å². The smallest absolute Gasteiger partial charge is 0.289 e. The SMILES string of the molecule is O=C(c1ccc(C[S@@](=O)c2ccccc2)o1)N1CCN(c2ccccc2)CC1. The molecule has 0 bridgehead atoms. The van der Waals surface area contributed by atoms with E-state index in [1.165, 1.54) is 5.69 Å². The summed E-state index contributed by atoms with van der Waals surface area (Å²) in [7, 11) is -1.19. The third-order valence-electron chi connectivity index (χ3n) is 4.84. The van der Waals surface area contributed by atoms with Crippen LogP contribution in [0.2, 0.25) is 0 Å². The third kappa shape index (κ3) is 4.17. The zero-order chi connectivity index (χ0) is 19.3. The van der Waals surface area contributed by atoms with Crippen LogP contribution in [0.5, 0.6) is 0 Å². The number of piperazine rings is 1. The first-order chi connectivity index (χ1) is 13.7. The van der Waals surface area contributed by atoms with Crippen LogP contribution in [-0.4, -0.2) is 41.2 Å². The fourth-order valence-electron chi connectivity index (χ4n) is 3.32. The second-order valence-corrected chi connectivity index (χ2v) is 8.13. The van der Waals surface area contributed by atoms with E-state index in [1.807, 2.05) is 53.4 Å². The standard InChI is InChI=1S/C22H22N2O3S/c25-22(24-15-13-23(14-16-24)18-7-3-1-4-8-18)21-12-11-19(27-21)17-28(26)20-9-5-2-6-10-20/h1-12H,13-17H2/t28-/m1/s1. The highest BCUT2D eigenvalue weighted by atomic mass is 32.2. The average molecular weight is 394 g/mol. The zero-order valence-corrected chi connectivity index (χ0v) is 16.3. The van der Waals surface area contributed by atoms with Gasteiger partial charge in [0.15, 0.2) is 5.76 Å². The molecule has 1 fully saturated rings. The minimum Gasteiger partial charge on any atom is -0.455 e. The largest absolute Gasteiger partial charge is 0.455 e. The Balaban J connectivity index is 1.35. The molecule has 1 amide bonds. The van der Waals surface area contributed by atoms with Crippen molar-refractivity contribution in [1.82, 2.24) is 4.90 Å². The second-order valence-electron chi connectivity index (χ2n) is 6.68. The zero-order valence-electron chi connectivity index (χ0n) is 15.5. The molecule has 5 nitrogen and oxygen atoms in total. The summed E-state index contributed by atoms with van der Waals surface area (Å²) < 4.78 is 18.1. The molecular formula is C22H22N2O3S. The Labute approximate surface area is 167 Å². The van der Waals surface area contributed by atoms with Crippen LogP contribution in [0.15, 0.2) is 82.1 Å². The number of carbonyl (C=O) groups excluding carboxylic acids is 1. The molecule has 0 spiro atoms. The monoisotopic (exact) mass is 394 g/mol. The van der Waals surface area contributed by atoms with Crippen LogP contribution in [0, 0.1) is 0 Å². The van der Waals surface area contributed by atoms with E-state index in [0.29, 0.717) is 24.6 Å². The molecule has 0 N–H and O–H groups in total. The quantitative estimate of drug-likeness (QED) is 0.664. The second kappa shape index (κ2) is 8.44. The Morgan fingerprint density at radius 3 is 2.18 bits per heavy atom. The first-order valence-electron chi connectivity index (χ1n) is 9.32. The van der Waals surface area contributed by atoms with Crippen molar-refractivity contribution in [3.8, 4) is 0 Å². The Morgan fingerprint density at radius 2 is 1.50 bits per heavy atom. The van der Waals surface area contributed by atoms with Crippen LogP contribution in [-0.2, 0) is 16.6 Å². The summed E-state index contributed by atoms with van der Waals surface area (Å²) in [6.07, 6.45) is 0. The van der Waals surface area contributed by atoms with Gasteiger partial charge in [-0.2, -0.15) is 0 Å². The molecule has 2 heterocycles. The van der Waals surface area contributed by atoms with Crippen LogP contribution in [0.25, 0.3) is 0 Å². The molecule has 1 aliphatic heterocycles. The van der Waals surface area contributed by atoms with E-state index in [0.717, 1.165) is 18.0 Å². The number of hydrogen-bond acceptors (Lipinski definition) is 4. The molecule has 0 unspecified atom stereocenters. The van der Waals surface area contributed by atoms with Crippen molar-refractivity contribution in [3.63, 3.8) is 0 Å². The lowest BCUT2D eigenvalue weighted by Gasteiger charge is -2.35. The maximum absolute atomic E-state index is 12.7. The molecule has 1 saturated heterocycles. The topological polar surface area (TPSA) is 53.8 Å². The number of hydrogen-bond donors (Lipinski definition) is 0. The van der Waals surface area contributed by atoms with Gasteiger partial charge in [0.25, 0.3) is 5.91 Å². The first-order valence-corrected chi connectivity index (χ1v) is 10.6. The molecule has 2 aromatic carbocycles. The maximum Gasteiger partial charge on any atom is 0.289 e. The lowest BCUT2D eigenvalue weighted by atomic mass is 10.2. The van der Waals surface area contributed by atoms with Gasteiger partial charge in [-0.25, -0.2) is 0 Å². The van der Waals surface area contributed by atoms with Gasteiger partial charge in [-0.15, -0.1) is 0 Å². The molecule has 28 heavy (non-hydrogen) atoms. The molecule has 1 atom stereocenters. The van der Waals surface area contributed by atoms with Gasteiger partial charge in [-0.1, -0.05) is 36.4 Å². The van der Waals surface area contributed by atoms with E-state index >= 15 is 0 Å². The van der Waals surface area contributed by atoms with Gasteiger partial charge in [0.1, 0.15) is 5.76 Å². The van der Waals surface area contributed by atoms with Crippen molar-refractivity contribution >= 4 is 22.4 Å². The lowest BCUT2D eigenvalue weighted by Crippen LogP contribution is -2.48. The van der Waals surface area contributed by atoms with Gasteiger partial charge in [0.05, 0.1) is 16.6 Å². The summed E-state index contributed by atoms with van der Waals surface area (Å²) >= 11 is 0. The summed E-state index contributed by atoms with van der Waals surface area (Å²) in [4.78, 5) is 17.6. The Bertz CT molecular complexity index is 948. The van der Waals surface area contributed by atoms with Crippen molar-refractivity contribution in [2.24, 2.45) is 0 Å². The average Bonchev–Trinajstić information content (AvgIpc) is 3.23. The summed E-state index contributed by atoms with van der Waals surface area (Å²) in [6.45, 7) is 2.89. The fourth-order valence-corrected chi connectivity index (χ4v) is 4.36. The van der Waals surface area contributed by atoms with Crippen molar-refractivity contribution in [2.45, 2.75) is 10.6 Å². The van der Waals surface area contributed by atoms with E-state index in [4.69, 9.17) is 4.42 Å². The Kier molecular flexibility index (Phi) is 5.58. The van der Waals surface area contributed by atoms with Gasteiger partial charge < -0.3 is 14.2 Å². The number of para-hydroxylation sites is 1. The minimum atomic E-state index is -1.19. The van der Waals surface area contributed by atoms with E-state index in [9.17, 15) is 9.00 Å². The normalized spacial score (nSPS) is 15.4.